The molecule has 3 aromatic carbocycles. The van der Waals surface area contributed by atoms with E-state index >= 15 is 0 Å². The zero-order valence-corrected chi connectivity index (χ0v) is 19.8. The van der Waals surface area contributed by atoms with E-state index in [4.69, 9.17) is 9.47 Å². The predicted molar refractivity (Wildman–Crippen MR) is 132 cm³/mol. The Morgan fingerprint density at radius 2 is 1.71 bits per heavy atom. The molecule has 0 aliphatic carbocycles. The van der Waals surface area contributed by atoms with E-state index < -0.39 is 23.7 Å². The molecule has 1 unspecified atom stereocenters. The molecule has 2 amide bonds. The molecule has 182 valence electrons. The molecule has 1 atom stereocenters. The van der Waals surface area contributed by atoms with Gasteiger partial charge in [-0.1, -0.05) is 56.3 Å². The molecule has 8 heteroatoms. The predicted octanol–water partition coefficient (Wildman–Crippen LogP) is 4.32. The monoisotopic (exact) mass is 477 g/mol. The fraction of sp³-hybridized carbons (Fsp3) is 0.222. The summed E-state index contributed by atoms with van der Waals surface area (Å²) in [5.74, 6) is -0.993. The van der Waals surface area contributed by atoms with E-state index in [9.17, 15) is 14.0 Å². The lowest BCUT2D eigenvalue weighted by molar-refractivity contribution is -0.123. The minimum atomic E-state index is -0.900. The van der Waals surface area contributed by atoms with E-state index in [1.54, 1.807) is 45.2 Å². The molecule has 0 saturated heterocycles. The van der Waals surface area contributed by atoms with Crippen LogP contribution in [0.15, 0.2) is 77.9 Å². The first-order chi connectivity index (χ1) is 16.9. The summed E-state index contributed by atoms with van der Waals surface area (Å²) in [4.78, 5) is 25.1. The number of benzene rings is 3. The van der Waals surface area contributed by atoms with Crippen LogP contribution in [-0.4, -0.2) is 31.2 Å². The molecule has 3 rings (SSSR count). The Hall–Kier alpha value is -4.20. The number of methoxy groups -OCH3 is 1. The van der Waals surface area contributed by atoms with Gasteiger partial charge in [-0.25, -0.2) is 9.82 Å². The highest BCUT2D eigenvalue weighted by molar-refractivity contribution is 5.98. The second-order valence-electron chi connectivity index (χ2n) is 8.09. The summed E-state index contributed by atoms with van der Waals surface area (Å²) in [6, 6.07) is 19.7. The van der Waals surface area contributed by atoms with E-state index in [0.29, 0.717) is 23.7 Å². The smallest absolute Gasteiger partial charge is 0.262 e. The maximum absolute atomic E-state index is 13.9. The molecule has 0 saturated carbocycles. The van der Waals surface area contributed by atoms with Crippen molar-refractivity contribution < 1.29 is 23.5 Å². The highest BCUT2D eigenvalue weighted by Crippen LogP contribution is 2.28. The number of carbonyl (C=O) groups is 2. The number of ether oxygens (including phenoxy) is 2. The van der Waals surface area contributed by atoms with Gasteiger partial charge in [0.25, 0.3) is 11.8 Å². The van der Waals surface area contributed by atoms with E-state index in [1.165, 1.54) is 24.4 Å². The lowest BCUT2D eigenvalue weighted by atomic mass is 10.0. The van der Waals surface area contributed by atoms with E-state index in [2.05, 4.69) is 15.8 Å². The van der Waals surface area contributed by atoms with E-state index in [-0.39, 0.29) is 11.5 Å². The van der Waals surface area contributed by atoms with Crippen molar-refractivity contribution in [3.63, 3.8) is 0 Å². The summed E-state index contributed by atoms with van der Waals surface area (Å²) < 4.78 is 25.2. The number of hydrogen-bond acceptors (Lipinski definition) is 5. The van der Waals surface area contributed by atoms with Gasteiger partial charge in [0.1, 0.15) is 18.5 Å². The molecule has 0 radical (unpaired) electrons. The molecule has 0 heterocycles. The fourth-order valence-electron chi connectivity index (χ4n) is 3.26. The highest BCUT2D eigenvalue weighted by atomic mass is 19.1. The van der Waals surface area contributed by atoms with Gasteiger partial charge in [0, 0.05) is 0 Å². The molecular formula is C27H28FN3O4. The Morgan fingerprint density at radius 1 is 1.00 bits per heavy atom. The minimum absolute atomic E-state index is 0.129. The van der Waals surface area contributed by atoms with Crippen molar-refractivity contribution in [1.29, 1.82) is 0 Å². The first kappa shape index (κ1) is 25.4. The van der Waals surface area contributed by atoms with Crippen LogP contribution < -0.4 is 20.2 Å². The second kappa shape index (κ2) is 12.3. The quantitative estimate of drug-likeness (QED) is 0.336. The summed E-state index contributed by atoms with van der Waals surface area (Å²) in [7, 11) is 1.54. The Balaban J connectivity index is 1.61. The Kier molecular flexibility index (Phi) is 8.95. The zero-order chi connectivity index (χ0) is 25.2. The third-order valence-electron chi connectivity index (χ3n) is 5.17. The third kappa shape index (κ3) is 7.14. The number of hydrazone groups is 1. The average molecular weight is 478 g/mol. The number of amides is 2. The Morgan fingerprint density at radius 3 is 2.40 bits per heavy atom. The van der Waals surface area contributed by atoms with Crippen LogP contribution in [0.3, 0.4) is 0 Å². The topological polar surface area (TPSA) is 89.0 Å². The van der Waals surface area contributed by atoms with Gasteiger partial charge in [-0.05, 0) is 47.4 Å². The summed E-state index contributed by atoms with van der Waals surface area (Å²) in [6.45, 7) is 3.94. The van der Waals surface area contributed by atoms with Gasteiger partial charge in [-0.3, -0.25) is 9.59 Å². The van der Waals surface area contributed by atoms with Crippen molar-refractivity contribution in [1.82, 2.24) is 10.7 Å². The third-order valence-corrected chi connectivity index (χ3v) is 5.17. The van der Waals surface area contributed by atoms with Gasteiger partial charge in [-0.2, -0.15) is 5.10 Å². The molecule has 3 aromatic rings. The molecular weight excluding hydrogens is 449 g/mol. The molecule has 0 fully saturated rings. The van der Waals surface area contributed by atoms with Gasteiger partial charge in [0.2, 0.25) is 0 Å². The van der Waals surface area contributed by atoms with Crippen LogP contribution in [0.5, 0.6) is 11.5 Å². The van der Waals surface area contributed by atoms with Crippen molar-refractivity contribution in [3.05, 3.63) is 95.3 Å². The van der Waals surface area contributed by atoms with Crippen LogP contribution in [0.25, 0.3) is 0 Å². The summed E-state index contributed by atoms with van der Waals surface area (Å²) >= 11 is 0. The van der Waals surface area contributed by atoms with Crippen LogP contribution in [0.4, 0.5) is 4.39 Å². The second-order valence-corrected chi connectivity index (χ2v) is 8.09. The minimum Gasteiger partial charge on any atom is -0.493 e. The van der Waals surface area contributed by atoms with Crippen molar-refractivity contribution in [2.45, 2.75) is 26.5 Å². The van der Waals surface area contributed by atoms with Gasteiger partial charge in [0.05, 0.1) is 18.9 Å². The normalized spacial score (nSPS) is 11.8. The lowest BCUT2D eigenvalue weighted by Gasteiger charge is -2.20. The molecule has 0 spiro atoms. The summed E-state index contributed by atoms with van der Waals surface area (Å²) in [5.41, 5.74) is 4.01. The number of carbonyl (C=O) groups excluding carboxylic acids is 2. The molecule has 2 N–H and O–H groups in total. The van der Waals surface area contributed by atoms with E-state index in [1.807, 2.05) is 30.3 Å². The maximum Gasteiger partial charge on any atom is 0.262 e. The molecule has 0 aromatic heterocycles. The van der Waals surface area contributed by atoms with Crippen molar-refractivity contribution in [3.8, 4) is 11.5 Å². The van der Waals surface area contributed by atoms with Crippen LogP contribution >= 0.6 is 0 Å². The first-order valence-electron chi connectivity index (χ1n) is 11.1. The van der Waals surface area contributed by atoms with Gasteiger partial charge >= 0.3 is 0 Å². The van der Waals surface area contributed by atoms with Crippen molar-refractivity contribution >= 4 is 18.0 Å². The van der Waals surface area contributed by atoms with Crippen LogP contribution in [0.1, 0.15) is 35.3 Å². The standard InChI is InChI=1S/C27H28FN3O4/c1-18(2)25(30-26(32)21-11-7-8-12-22(21)28)27(33)31-29-16-20-13-14-23(24(15-20)34-3)35-17-19-9-5-4-6-10-19/h4-16,18,25H,17H2,1-3H3,(H,30,32)(H,31,33). The van der Waals surface area contributed by atoms with Gasteiger partial charge in [0.15, 0.2) is 11.5 Å². The number of halogens is 1. The van der Waals surface area contributed by atoms with Crippen molar-refractivity contribution in [2.75, 3.05) is 7.11 Å². The van der Waals surface area contributed by atoms with E-state index in [0.717, 1.165) is 5.56 Å². The summed E-state index contributed by atoms with van der Waals surface area (Å²) in [6.07, 6.45) is 1.46. The first-order valence-corrected chi connectivity index (χ1v) is 11.1. The van der Waals surface area contributed by atoms with Crippen LogP contribution in [0, 0.1) is 11.7 Å². The molecule has 0 bridgehead atoms. The van der Waals surface area contributed by atoms with Crippen LogP contribution in [-0.2, 0) is 11.4 Å². The van der Waals surface area contributed by atoms with Gasteiger partial charge in [-0.15, -0.1) is 0 Å². The Labute approximate surface area is 204 Å². The fourth-order valence-corrected chi connectivity index (χ4v) is 3.26. The molecule has 0 aliphatic rings. The largest absolute Gasteiger partial charge is 0.493 e. The number of nitrogens with zero attached hydrogens (tertiary/aromatic N) is 1. The molecule has 35 heavy (non-hydrogen) atoms. The highest BCUT2D eigenvalue weighted by Gasteiger charge is 2.25. The zero-order valence-electron chi connectivity index (χ0n) is 19.8. The SMILES string of the molecule is COc1cc(C=NNC(=O)C(NC(=O)c2ccccc2F)C(C)C)ccc1OCc1ccccc1. The number of rotatable bonds is 10. The maximum atomic E-state index is 13.9. The Bertz CT molecular complexity index is 1180. The average Bonchev–Trinajstić information content (AvgIpc) is 2.86. The number of nitrogens with one attached hydrogen (secondary N) is 2. The molecule has 7 nitrogen and oxygen atoms in total. The van der Waals surface area contributed by atoms with Crippen LogP contribution in [0.2, 0.25) is 0 Å². The van der Waals surface area contributed by atoms with Crippen molar-refractivity contribution in [2.24, 2.45) is 11.0 Å². The lowest BCUT2D eigenvalue weighted by Crippen LogP contribution is -2.48. The number of hydrogen-bond donors (Lipinski definition) is 2. The van der Waals surface area contributed by atoms with Gasteiger partial charge < -0.3 is 14.8 Å². The molecule has 0 aliphatic heterocycles. The summed E-state index contributed by atoms with van der Waals surface area (Å²) in [5, 5.41) is 6.57.